The molecular formula is C25H25ClF3N7O2. The Balaban J connectivity index is 1.35. The van der Waals surface area contributed by atoms with Gasteiger partial charge >= 0.3 is 12.2 Å². The molecule has 9 nitrogen and oxygen atoms in total. The lowest BCUT2D eigenvalue weighted by molar-refractivity contribution is -0.154. The zero-order chi connectivity index (χ0) is 26.8. The van der Waals surface area contributed by atoms with Crippen molar-refractivity contribution in [2.24, 2.45) is 0 Å². The van der Waals surface area contributed by atoms with Crippen molar-refractivity contribution in [2.75, 3.05) is 43.4 Å². The highest BCUT2D eigenvalue weighted by molar-refractivity contribution is 6.30. The first-order chi connectivity index (χ1) is 18.2. The lowest BCUT2D eigenvalue weighted by Crippen LogP contribution is -2.46. The summed E-state index contributed by atoms with van der Waals surface area (Å²) in [5, 5.41) is 10.00. The average Bonchev–Trinajstić information content (AvgIpc) is 3.68. The molecule has 13 heteroatoms. The summed E-state index contributed by atoms with van der Waals surface area (Å²) in [6.07, 6.45) is -2.99. The Morgan fingerprint density at radius 1 is 1.00 bits per heavy atom. The van der Waals surface area contributed by atoms with E-state index in [2.05, 4.69) is 30.9 Å². The number of nitrogens with one attached hydrogen (secondary N) is 3. The molecule has 200 valence electrons. The van der Waals surface area contributed by atoms with Crippen LogP contribution in [0.2, 0.25) is 5.02 Å². The number of anilines is 3. The van der Waals surface area contributed by atoms with Crippen molar-refractivity contribution in [3.63, 3.8) is 0 Å². The van der Waals surface area contributed by atoms with Gasteiger partial charge in [-0.05, 0) is 54.8 Å². The molecule has 2 fully saturated rings. The molecule has 1 aliphatic heterocycles. The van der Waals surface area contributed by atoms with E-state index >= 15 is 0 Å². The third kappa shape index (κ3) is 6.43. The third-order valence-electron chi connectivity index (χ3n) is 6.27. The number of hydrogen-bond donors (Lipinski definition) is 3. The summed E-state index contributed by atoms with van der Waals surface area (Å²) in [7, 11) is 0. The van der Waals surface area contributed by atoms with E-state index in [1.165, 1.54) is 0 Å². The molecule has 2 heterocycles. The molecule has 1 saturated carbocycles. The quantitative estimate of drug-likeness (QED) is 0.382. The molecule has 1 aromatic heterocycles. The van der Waals surface area contributed by atoms with Gasteiger partial charge in [0.25, 0.3) is 5.91 Å². The first-order valence-electron chi connectivity index (χ1n) is 12.1. The largest absolute Gasteiger partial charge is 0.454 e. The summed E-state index contributed by atoms with van der Waals surface area (Å²) in [5.74, 6) is -0.00476. The van der Waals surface area contributed by atoms with Gasteiger partial charge in [-0.15, -0.1) is 0 Å². The van der Waals surface area contributed by atoms with E-state index in [0.717, 1.165) is 31.5 Å². The molecule has 1 amide bonds. The summed E-state index contributed by atoms with van der Waals surface area (Å²) < 4.78 is 43.2. The minimum atomic E-state index is -4.55. The Labute approximate surface area is 221 Å². The second-order valence-electron chi connectivity index (χ2n) is 9.13. The normalized spacial score (nSPS) is 16.6. The molecule has 2 aromatic carbocycles. The fraction of sp³-hybridized carbons (Fsp3) is 0.360. The minimum absolute atomic E-state index is 0.00670. The van der Waals surface area contributed by atoms with Gasteiger partial charge in [0.05, 0.1) is 5.54 Å². The van der Waals surface area contributed by atoms with Crippen LogP contribution in [0.5, 0.6) is 6.01 Å². The molecule has 0 radical (unpaired) electrons. The number of benzene rings is 2. The lowest BCUT2D eigenvalue weighted by Gasteiger charge is -2.27. The van der Waals surface area contributed by atoms with Crippen LogP contribution in [0.4, 0.5) is 30.8 Å². The van der Waals surface area contributed by atoms with Crippen molar-refractivity contribution in [3.05, 3.63) is 64.7 Å². The smallest absolute Gasteiger partial charge is 0.422 e. The van der Waals surface area contributed by atoms with Crippen molar-refractivity contribution in [1.82, 2.24) is 25.2 Å². The van der Waals surface area contributed by atoms with Gasteiger partial charge in [0.15, 0.2) is 6.61 Å². The van der Waals surface area contributed by atoms with Gasteiger partial charge < -0.3 is 25.6 Å². The monoisotopic (exact) mass is 547 g/mol. The van der Waals surface area contributed by atoms with Crippen LogP contribution in [-0.4, -0.2) is 64.7 Å². The number of amides is 1. The number of alkyl halides is 3. The van der Waals surface area contributed by atoms with E-state index in [1.807, 2.05) is 12.1 Å². The lowest BCUT2D eigenvalue weighted by atomic mass is 10.1. The van der Waals surface area contributed by atoms with Gasteiger partial charge in [0.2, 0.25) is 11.9 Å². The van der Waals surface area contributed by atoms with Crippen LogP contribution in [0.3, 0.4) is 0 Å². The topological polar surface area (TPSA) is 104 Å². The van der Waals surface area contributed by atoms with Crippen molar-refractivity contribution in [2.45, 2.75) is 24.6 Å². The number of carbonyl (C=O) groups excluding carboxylic acids is 1. The Hall–Kier alpha value is -3.64. The van der Waals surface area contributed by atoms with Gasteiger partial charge in [-0.25, -0.2) is 0 Å². The maximum Gasteiger partial charge on any atom is 0.422 e. The summed E-state index contributed by atoms with van der Waals surface area (Å²) >= 11 is 6.01. The standard InChI is InChI=1S/C25H25ClF3N7O2/c26-18-5-3-17(4-6-18)24(9-10-24)35-22-32-21(33-23(34-22)38-15-25(27,28)29)31-19-7-1-16(2-8-19)20(37)36-13-11-30-12-14-36/h1-8,30H,9-15H2,(H2,31,32,33,34,35). The number of piperazine rings is 1. The molecule has 3 aromatic rings. The molecule has 0 spiro atoms. The maximum atomic E-state index is 12.8. The van der Waals surface area contributed by atoms with E-state index in [0.29, 0.717) is 29.4 Å². The van der Waals surface area contributed by atoms with E-state index in [4.69, 9.17) is 16.3 Å². The van der Waals surface area contributed by atoms with Crippen LogP contribution in [0, 0.1) is 0 Å². The number of hydrogen-bond acceptors (Lipinski definition) is 8. The number of ether oxygens (including phenoxy) is 1. The van der Waals surface area contributed by atoms with Crippen LogP contribution >= 0.6 is 11.6 Å². The van der Waals surface area contributed by atoms with Gasteiger partial charge in [0.1, 0.15) is 0 Å². The number of rotatable bonds is 8. The Morgan fingerprint density at radius 2 is 1.66 bits per heavy atom. The average molecular weight is 548 g/mol. The number of nitrogens with zero attached hydrogens (tertiary/aromatic N) is 4. The highest BCUT2D eigenvalue weighted by atomic mass is 35.5. The summed E-state index contributed by atoms with van der Waals surface area (Å²) in [6.45, 7) is 1.23. The SMILES string of the molecule is O=C(c1ccc(Nc2nc(NC3(c4ccc(Cl)cc4)CC3)nc(OCC(F)(F)F)n2)cc1)N1CCNCC1. The van der Waals surface area contributed by atoms with E-state index in [9.17, 15) is 18.0 Å². The van der Waals surface area contributed by atoms with Crippen molar-refractivity contribution < 1.29 is 22.7 Å². The van der Waals surface area contributed by atoms with Gasteiger partial charge in [0, 0.05) is 42.5 Å². The van der Waals surface area contributed by atoms with Crippen LogP contribution in [0.15, 0.2) is 48.5 Å². The Kier molecular flexibility index (Phi) is 7.26. The third-order valence-corrected chi connectivity index (χ3v) is 6.52. The van der Waals surface area contributed by atoms with Crippen LogP contribution in [0.1, 0.15) is 28.8 Å². The molecule has 5 rings (SSSR count). The fourth-order valence-electron chi connectivity index (χ4n) is 4.15. The Bertz CT molecular complexity index is 1280. The molecule has 38 heavy (non-hydrogen) atoms. The molecule has 3 N–H and O–H groups in total. The fourth-order valence-corrected chi connectivity index (χ4v) is 4.27. The summed E-state index contributed by atoms with van der Waals surface area (Å²) in [5.41, 5.74) is 1.57. The number of halogens is 4. The highest BCUT2D eigenvalue weighted by Gasteiger charge is 2.45. The predicted molar refractivity (Wildman–Crippen MR) is 136 cm³/mol. The van der Waals surface area contributed by atoms with Crippen molar-refractivity contribution in [1.29, 1.82) is 0 Å². The van der Waals surface area contributed by atoms with Crippen LogP contribution < -0.4 is 20.7 Å². The van der Waals surface area contributed by atoms with Crippen molar-refractivity contribution >= 4 is 35.1 Å². The molecular weight excluding hydrogens is 523 g/mol. The van der Waals surface area contributed by atoms with E-state index < -0.39 is 24.3 Å². The maximum absolute atomic E-state index is 12.8. The number of aromatic nitrogens is 3. The summed E-state index contributed by atoms with van der Waals surface area (Å²) in [6, 6.07) is 13.5. The Morgan fingerprint density at radius 3 is 2.29 bits per heavy atom. The minimum Gasteiger partial charge on any atom is -0.454 e. The van der Waals surface area contributed by atoms with Crippen molar-refractivity contribution in [3.8, 4) is 6.01 Å². The van der Waals surface area contributed by atoms with Gasteiger partial charge in [-0.3, -0.25) is 4.79 Å². The first-order valence-corrected chi connectivity index (χ1v) is 12.4. The van der Waals surface area contributed by atoms with Crippen LogP contribution in [-0.2, 0) is 5.54 Å². The first kappa shape index (κ1) is 26.0. The summed E-state index contributed by atoms with van der Waals surface area (Å²) in [4.78, 5) is 26.9. The highest BCUT2D eigenvalue weighted by Crippen LogP contribution is 2.48. The second-order valence-corrected chi connectivity index (χ2v) is 9.56. The van der Waals surface area contributed by atoms with Gasteiger partial charge in [-0.1, -0.05) is 23.7 Å². The van der Waals surface area contributed by atoms with Crippen LogP contribution in [0.25, 0.3) is 0 Å². The van der Waals surface area contributed by atoms with Gasteiger partial charge in [-0.2, -0.15) is 28.1 Å². The molecule has 2 aliphatic rings. The zero-order valence-electron chi connectivity index (χ0n) is 20.2. The van der Waals surface area contributed by atoms with E-state index in [-0.39, 0.29) is 17.8 Å². The number of carbonyl (C=O) groups is 1. The predicted octanol–water partition coefficient (Wildman–Crippen LogP) is 4.36. The van der Waals surface area contributed by atoms with E-state index in [1.54, 1.807) is 41.3 Å². The molecule has 1 saturated heterocycles. The molecule has 1 aliphatic carbocycles. The zero-order valence-corrected chi connectivity index (χ0v) is 20.9. The second kappa shape index (κ2) is 10.6. The molecule has 0 unspecified atom stereocenters. The molecule has 0 atom stereocenters. The molecule has 0 bridgehead atoms.